The van der Waals surface area contributed by atoms with Crippen molar-refractivity contribution in [3.05, 3.63) is 11.8 Å². The van der Waals surface area contributed by atoms with Gasteiger partial charge in [0.1, 0.15) is 5.57 Å². The van der Waals surface area contributed by atoms with E-state index in [9.17, 15) is 14.4 Å². The zero-order valence-corrected chi connectivity index (χ0v) is 10.5. The molecule has 17 heavy (non-hydrogen) atoms. The van der Waals surface area contributed by atoms with Gasteiger partial charge >= 0.3 is 11.9 Å². The summed E-state index contributed by atoms with van der Waals surface area (Å²) < 4.78 is 9.23. The van der Waals surface area contributed by atoms with Crippen LogP contribution >= 0.6 is 0 Å². The lowest BCUT2D eigenvalue weighted by Gasteiger charge is -2.09. The first-order valence-corrected chi connectivity index (χ1v) is 5.20. The van der Waals surface area contributed by atoms with Crippen LogP contribution in [0.2, 0.25) is 0 Å². The SMILES string of the molecule is CCOC(=O)C(=O)/C(=C/N(C)C)C(=O)OCC. The largest absolute Gasteiger partial charge is 0.462 e. The van der Waals surface area contributed by atoms with Crippen molar-refractivity contribution in [3.63, 3.8) is 0 Å². The molecule has 0 spiro atoms. The van der Waals surface area contributed by atoms with E-state index in [-0.39, 0.29) is 18.8 Å². The Morgan fingerprint density at radius 1 is 1.00 bits per heavy atom. The summed E-state index contributed by atoms with van der Waals surface area (Å²) in [5, 5.41) is 0. The van der Waals surface area contributed by atoms with Crippen molar-refractivity contribution >= 4 is 17.7 Å². The smallest absolute Gasteiger partial charge is 0.380 e. The number of Topliss-reactive ketones (excluding diaryl/α,β-unsaturated/α-hetero) is 1. The fourth-order valence-electron chi connectivity index (χ4n) is 0.978. The van der Waals surface area contributed by atoms with E-state index in [2.05, 4.69) is 4.74 Å². The van der Waals surface area contributed by atoms with Crippen LogP contribution in [0.25, 0.3) is 0 Å². The Morgan fingerprint density at radius 3 is 1.88 bits per heavy atom. The second-order valence-electron chi connectivity index (χ2n) is 3.28. The van der Waals surface area contributed by atoms with Crippen LogP contribution in [0, 0.1) is 0 Å². The maximum absolute atomic E-state index is 11.6. The minimum atomic E-state index is -1.06. The standard InChI is InChI=1S/C11H17NO5/c1-5-16-10(14)8(7-12(3)4)9(13)11(15)17-6-2/h7H,5-6H2,1-4H3/b8-7-. The molecule has 0 aromatic rings. The molecular formula is C11H17NO5. The lowest BCUT2D eigenvalue weighted by atomic mass is 10.2. The lowest BCUT2D eigenvalue weighted by molar-refractivity contribution is -0.154. The highest BCUT2D eigenvalue weighted by Gasteiger charge is 2.27. The van der Waals surface area contributed by atoms with Gasteiger partial charge in [0, 0.05) is 20.3 Å². The van der Waals surface area contributed by atoms with Crippen molar-refractivity contribution in [2.45, 2.75) is 13.8 Å². The van der Waals surface area contributed by atoms with Gasteiger partial charge in [-0.1, -0.05) is 0 Å². The third kappa shape index (κ3) is 5.14. The molecule has 0 heterocycles. The molecule has 6 nitrogen and oxygen atoms in total. The van der Waals surface area contributed by atoms with Crippen LogP contribution in [-0.4, -0.2) is 49.9 Å². The number of ketones is 1. The van der Waals surface area contributed by atoms with Gasteiger partial charge in [0.2, 0.25) is 0 Å². The maximum atomic E-state index is 11.6. The summed E-state index contributed by atoms with van der Waals surface area (Å²) in [7, 11) is 3.25. The molecule has 0 bridgehead atoms. The molecule has 0 aliphatic heterocycles. The van der Waals surface area contributed by atoms with E-state index >= 15 is 0 Å². The molecular weight excluding hydrogens is 226 g/mol. The van der Waals surface area contributed by atoms with Crippen molar-refractivity contribution in [2.75, 3.05) is 27.3 Å². The molecule has 0 atom stereocenters. The molecule has 0 aromatic heterocycles. The van der Waals surface area contributed by atoms with Gasteiger partial charge in [0.05, 0.1) is 13.2 Å². The van der Waals surface area contributed by atoms with Crippen LogP contribution in [0.5, 0.6) is 0 Å². The monoisotopic (exact) mass is 243 g/mol. The van der Waals surface area contributed by atoms with Gasteiger partial charge in [0.25, 0.3) is 5.78 Å². The van der Waals surface area contributed by atoms with E-state index in [4.69, 9.17) is 4.74 Å². The molecule has 0 N–H and O–H groups in total. The highest BCUT2D eigenvalue weighted by Crippen LogP contribution is 2.03. The second kappa shape index (κ2) is 7.43. The van der Waals surface area contributed by atoms with Gasteiger partial charge in [-0.2, -0.15) is 0 Å². The highest BCUT2D eigenvalue weighted by molar-refractivity contribution is 6.46. The van der Waals surface area contributed by atoms with Crippen molar-refractivity contribution in [1.29, 1.82) is 0 Å². The van der Waals surface area contributed by atoms with Gasteiger partial charge in [0.15, 0.2) is 0 Å². The molecule has 0 aromatic carbocycles. The molecule has 0 radical (unpaired) electrons. The van der Waals surface area contributed by atoms with Crippen molar-refractivity contribution < 1.29 is 23.9 Å². The number of hydrogen-bond donors (Lipinski definition) is 0. The van der Waals surface area contributed by atoms with Crippen LogP contribution in [0.3, 0.4) is 0 Å². The average molecular weight is 243 g/mol. The summed E-state index contributed by atoms with van der Waals surface area (Å²) in [6.45, 7) is 3.38. The van der Waals surface area contributed by atoms with Gasteiger partial charge in [-0.05, 0) is 13.8 Å². The Bertz CT molecular complexity index is 333. The highest BCUT2D eigenvalue weighted by atomic mass is 16.5. The van der Waals surface area contributed by atoms with E-state index in [0.717, 1.165) is 0 Å². The summed E-state index contributed by atoms with van der Waals surface area (Å²) >= 11 is 0. The van der Waals surface area contributed by atoms with Gasteiger partial charge < -0.3 is 14.4 Å². The van der Waals surface area contributed by atoms with E-state index in [0.29, 0.717) is 0 Å². The predicted molar refractivity (Wildman–Crippen MR) is 60.0 cm³/mol. The first kappa shape index (κ1) is 15.2. The second-order valence-corrected chi connectivity index (χ2v) is 3.28. The molecule has 0 saturated carbocycles. The Kier molecular flexibility index (Phi) is 6.62. The summed E-state index contributed by atoms with van der Waals surface area (Å²) in [6, 6.07) is 0. The topological polar surface area (TPSA) is 72.9 Å². The van der Waals surface area contributed by atoms with Crippen LogP contribution in [0.4, 0.5) is 0 Å². The Morgan fingerprint density at radius 2 is 1.47 bits per heavy atom. The lowest BCUT2D eigenvalue weighted by Crippen LogP contribution is -2.26. The summed E-state index contributed by atoms with van der Waals surface area (Å²) in [5.41, 5.74) is -0.338. The predicted octanol–water partition coefficient (Wildman–Crippen LogP) is 0.127. The third-order valence-corrected chi connectivity index (χ3v) is 1.59. The van der Waals surface area contributed by atoms with E-state index in [1.807, 2.05) is 0 Å². The van der Waals surface area contributed by atoms with E-state index < -0.39 is 17.7 Å². The Hall–Kier alpha value is -1.85. The van der Waals surface area contributed by atoms with Crippen LogP contribution in [-0.2, 0) is 23.9 Å². The number of rotatable bonds is 6. The summed E-state index contributed by atoms with van der Waals surface area (Å²) in [6.07, 6.45) is 1.23. The summed E-state index contributed by atoms with van der Waals surface area (Å²) in [5.74, 6) is -2.90. The first-order valence-electron chi connectivity index (χ1n) is 5.20. The average Bonchev–Trinajstić information content (AvgIpc) is 2.25. The Labute approximate surface area is 100 Å². The molecule has 0 unspecified atom stereocenters. The fourth-order valence-corrected chi connectivity index (χ4v) is 0.978. The zero-order valence-electron chi connectivity index (χ0n) is 10.5. The van der Waals surface area contributed by atoms with Gasteiger partial charge in [-0.25, -0.2) is 9.59 Å². The summed E-state index contributed by atoms with van der Waals surface area (Å²) in [4.78, 5) is 35.8. The molecule has 0 amide bonds. The minimum absolute atomic E-state index is 0.0721. The van der Waals surface area contributed by atoms with Gasteiger partial charge in [-0.15, -0.1) is 0 Å². The third-order valence-electron chi connectivity index (χ3n) is 1.59. The fraction of sp³-hybridized carbons (Fsp3) is 0.545. The molecule has 0 rings (SSSR count). The first-order chi connectivity index (χ1) is 7.93. The number of esters is 2. The van der Waals surface area contributed by atoms with E-state index in [1.54, 1.807) is 27.9 Å². The quantitative estimate of drug-likeness (QED) is 0.217. The normalized spacial score (nSPS) is 10.7. The minimum Gasteiger partial charge on any atom is -0.462 e. The number of nitrogens with zero attached hydrogens (tertiary/aromatic N) is 1. The molecule has 0 fully saturated rings. The van der Waals surface area contributed by atoms with Crippen molar-refractivity contribution in [3.8, 4) is 0 Å². The van der Waals surface area contributed by atoms with E-state index in [1.165, 1.54) is 11.1 Å². The number of carbonyl (C=O) groups is 3. The van der Waals surface area contributed by atoms with Crippen LogP contribution in [0.15, 0.2) is 11.8 Å². The molecule has 0 aliphatic rings. The van der Waals surface area contributed by atoms with Crippen LogP contribution < -0.4 is 0 Å². The zero-order chi connectivity index (χ0) is 13.4. The maximum Gasteiger partial charge on any atom is 0.380 e. The van der Waals surface area contributed by atoms with Crippen LogP contribution in [0.1, 0.15) is 13.8 Å². The number of ether oxygens (including phenoxy) is 2. The molecule has 96 valence electrons. The van der Waals surface area contributed by atoms with Gasteiger partial charge in [-0.3, -0.25) is 4.79 Å². The molecule has 0 aliphatic carbocycles. The van der Waals surface area contributed by atoms with Crippen molar-refractivity contribution in [2.24, 2.45) is 0 Å². The Balaban J connectivity index is 5.00. The number of carbonyl (C=O) groups excluding carboxylic acids is 3. The number of hydrogen-bond acceptors (Lipinski definition) is 6. The van der Waals surface area contributed by atoms with Crippen molar-refractivity contribution in [1.82, 2.24) is 4.90 Å². The molecule has 0 saturated heterocycles. The molecule has 6 heteroatoms.